The van der Waals surface area contributed by atoms with E-state index >= 15 is 0 Å². The van der Waals surface area contributed by atoms with Crippen LogP contribution in [0.2, 0.25) is 0 Å². The zero-order chi connectivity index (χ0) is 13.2. The number of nitrogens with one attached hydrogen (secondary N) is 1. The fraction of sp³-hybridized carbons (Fsp3) is 1.00. The van der Waals surface area contributed by atoms with Gasteiger partial charge in [0.2, 0.25) is 0 Å². The SMILES string of the molecule is CCCNCCCCCN1CCN(C(C)C)CC1. The van der Waals surface area contributed by atoms with Gasteiger partial charge in [0.1, 0.15) is 0 Å². The predicted molar refractivity (Wildman–Crippen MR) is 80.2 cm³/mol. The number of rotatable bonds is 9. The normalized spacial score (nSPS) is 18.7. The highest BCUT2D eigenvalue weighted by molar-refractivity contribution is 4.74. The van der Waals surface area contributed by atoms with Gasteiger partial charge in [-0.25, -0.2) is 0 Å². The van der Waals surface area contributed by atoms with Gasteiger partial charge in [0.15, 0.2) is 0 Å². The summed E-state index contributed by atoms with van der Waals surface area (Å²) in [4.78, 5) is 5.23. The number of nitrogens with zero attached hydrogens (tertiary/aromatic N) is 2. The minimum Gasteiger partial charge on any atom is -0.317 e. The molecular weight excluding hydrogens is 222 g/mol. The second-order valence-corrected chi connectivity index (χ2v) is 5.78. The number of unbranched alkanes of at least 4 members (excludes halogenated alkanes) is 2. The van der Waals surface area contributed by atoms with Crippen LogP contribution in [0.1, 0.15) is 46.5 Å². The van der Waals surface area contributed by atoms with Gasteiger partial charge in [-0.3, -0.25) is 4.90 Å². The Labute approximate surface area is 114 Å². The van der Waals surface area contributed by atoms with Gasteiger partial charge in [0.05, 0.1) is 0 Å². The Hall–Kier alpha value is -0.120. The van der Waals surface area contributed by atoms with Crippen molar-refractivity contribution in [2.24, 2.45) is 0 Å². The van der Waals surface area contributed by atoms with Crippen LogP contribution in [-0.2, 0) is 0 Å². The second-order valence-electron chi connectivity index (χ2n) is 5.78. The van der Waals surface area contributed by atoms with Crippen molar-refractivity contribution in [1.29, 1.82) is 0 Å². The molecule has 0 aromatic carbocycles. The Balaban J connectivity index is 1.91. The van der Waals surface area contributed by atoms with Crippen LogP contribution in [0, 0.1) is 0 Å². The highest BCUT2D eigenvalue weighted by Gasteiger charge is 2.17. The van der Waals surface area contributed by atoms with Gasteiger partial charge in [0.25, 0.3) is 0 Å². The van der Waals surface area contributed by atoms with Crippen molar-refractivity contribution >= 4 is 0 Å². The van der Waals surface area contributed by atoms with E-state index in [0.29, 0.717) is 0 Å². The quantitative estimate of drug-likeness (QED) is 0.637. The molecule has 3 nitrogen and oxygen atoms in total. The summed E-state index contributed by atoms with van der Waals surface area (Å²) < 4.78 is 0. The first kappa shape index (κ1) is 15.9. The summed E-state index contributed by atoms with van der Waals surface area (Å²) in [5.41, 5.74) is 0. The van der Waals surface area contributed by atoms with E-state index < -0.39 is 0 Å². The molecule has 0 radical (unpaired) electrons. The van der Waals surface area contributed by atoms with Crippen LogP contribution in [0.15, 0.2) is 0 Å². The lowest BCUT2D eigenvalue weighted by molar-refractivity contribution is 0.107. The summed E-state index contributed by atoms with van der Waals surface area (Å²) in [6.07, 6.45) is 5.34. The summed E-state index contributed by atoms with van der Waals surface area (Å²) in [6, 6.07) is 0.719. The molecule has 1 saturated heterocycles. The summed E-state index contributed by atoms with van der Waals surface area (Å²) in [7, 11) is 0. The first-order valence-electron chi connectivity index (χ1n) is 7.91. The van der Waals surface area contributed by atoms with Gasteiger partial charge >= 0.3 is 0 Å². The fourth-order valence-corrected chi connectivity index (χ4v) is 2.57. The predicted octanol–water partition coefficient (Wildman–Crippen LogP) is 2.18. The Bertz CT molecular complexity index is 186. The molecule has 1 fully saturated rings. The Morgan fingerprint density at radius 1 is 0.944 bits per heavy atom. The number of hydrogen-bond donors (Lipinski definition) is 1. The summed E-state index contributed by atoms with van der Waals surface area (Å²) in [5.74, 6) is 0. The third kappa shape index (κ3) is 6.72. The van der Waals surface area contributed by atoms with Crippen LogP contribution >= 0.6 is 0 Å². The van der Waals surface area contributed by atoms with Crippen LogP contribution in [0.4, 0.5) is 0 Å². The zero-order valence-electron chi connectivity index (χ0n) is 12.7. The average Bonchev–Trinajstić information content (AvgIpc) is 2.38. The summed E-state index contributed by atoms with van der Waals surface area (Å²) in [5, 5.41) is 3.47. The minimum absolute atomic E-state index is 0.719. The molecule has 0 atom stereocenters. The Morgan fingerprint density at radius 3 is 2.28 bits per heavy atom. The zero-order valence-corrected chi connectivity index (χ0v) is 12.7. The molecule has 18 heavy (non-hydrogen) atoms. The third-order valence-corrected chi connectivity index (χ3v) is 3.89. The van der Waals surface area contributed by atoms with E-state index in [4.69, 9.17) is 0 Å². The maximum Gasteiger partial charge on any atom is 0.0113 e. The van der Waals surface area contributed by atoms with Crippen molar-refractivity contribution in [3.8, 4) is 0 Å². The van der Waals surface area contributed by atoms with Crippen molar-refractivity contribution in [3.63, 3.8) is 0 Å². The van der Waals surface area contributed by atoms with Crippen LogP contribution in [0.3, 0.4) is 0 Å². The van der Waals surface area contributed by atoms with Crippen molar-refractivity contribution in [2.45, 2.75) is 52.5 Å². The second kappa shape index (κ2) is 9.76. The van der Waals surface area contributed by atoms with Crippen LogP contribution in [0.5, 0.6) is 0 Å². The first-order chi connectivity index (χ1) is 8.74. The molecule has 3 heteroatoms. The molecule has 0 unspecified atom stereocenters. The van der Waals surface area contributed by atoms with Gasteiger partial charge in [-0.15, -0.1) is 0 Å². The maximum absolute atomic E-state index is 3.47. The molecule has 0 spiro atoms. The molecule has 0 aromatic heterocycles. The lowest BCUT2D eigenvalue weighted by Gasteiger charge is -2.36. The Morgan fingerprint density at radius 2 is 1.67 bits per heavy atom. The standard InChI is InChI=1S/C15H33N3/c1-4-8-16-9-6-5-7-10-17-11-13-18(14-12-17)15(2)3/h15-16H,4-14H2,1-3H3. The van der Waals surface area contributed by atoms with E-state index in [-0.39, 0.29) is 0 Å². The lowest BCUT2D eigenvalue weighted by Crippen LogP contribution is -2.48. The molecule has 1 N–H and O–H groups in total. The van der Waals surface area contributed by atoms with Crippen molar-refractivity contribution in [3.05, 3.63) is 0 Å². The smallest absolute Gasteiger partial charge is 0.0113 e. The van der Waals surface area contributed by atoms with Gasteiger partial charge in [-0.1, -0.05) is 13.3 Å². The van der Waals surface area contributed by atoms with E-state index in [0.717, 1.165) is 6.04 Å². The monoisotopic (exact) mass is 255 g/mol. The number of piperazine rings is 1. The summed E-state index contributed by atoms with van der Waals surface area (Å²) >= 11 is 0. The highest BCUT2D eigenvalue weighted by atomic mass is 15.3. The minimum atomic E-state index is 0.719. The van der Waals surface area contributed by atoms with Gasteiger partial charge in [-0.05, 0) is 52.7 Å². The molecule has 1 aliphatic rings. The maximum atomic E-state index is 3.47. The van der Waals surface area contributed by atoms with E-state index in [1.54, 1.807) is 0 Å². The lowest BCUT2D eigenvalue weighted by atomic mass is 10.2. The van der Waals surface area contributed by atoms with Crippen molar-refractivity contribution in [1.82, 2.24) is 15.1 Å². The molecule has 1 aliphatic heterocycles. The van der Waals surface area contributed by atoms with Crippen LogP contribution < -0.4 is 5.32 Å². The molecule has 0 aromatic rings. The van der Waals surface area contributed by atoms with Crippen molar-refractivity contribution < 1.29 is 0 Å². The van der Waals surface area contributed by atoms with E-state index in [9.17, 15) is 0 Å². The molecule has 0 amide bonds. The van der Waals surface area contributed by atoms with Gasteiger partial charge in [0, 0.05) is 32.2 Å². The topological polar surface area (TPSA) is 18.5 Å². The largest absolute Gasteiger partial charge is 0.317 e. The van der Waals surface area contributed by atoms with Gasteiger partial charge in [-0.2, -0.15) is 0 Å². The van der Waals surface area contributed by atoms with Crippen LogP contribution in [-0.4, -0.2) is 61.7 Å². The average molecular weight is 255 g/mol. The molecule has 1 heterocycles. The van der Waals surface area contributed by atoms with E-state index in [2.05, 4.69) is 35.9 Å². The van der Waals surface area contributed by atoms with Gasteiger partial charge < -0.3 is 10.2 Å². The Kier molecular flexibility index (Phi) is 8.64. The fourth-order valence-electron chi connectivity index (χ4n) is 2.57. The molecule has 108 valence electrons. The number of hydrogen-bond acceptors (Lipinski definition) is 3. The molecular formula is C15H33N3. The molecule has 0 aliphatic carbocycles. The molecule has 0 saturated carbocycles. The van der Waals surface area contributed by atoms with E-state index in [1.165, 1.54) is 71.5 Å². The molecule has 0 bridgehead atoms. The first-order valence-corrected chi connectivity index (χ1v) is 7.91. The van der Waals surface area contributed by atoms with E-state index in [1.807, 2.05) is 0 Å². The van der Waals surface area contributed by atoms with Crippen molar-refractivity contribution in [2.75, 3.05) is 45.8 Å². The third-order valence-electron chi connectivity index (χ3n) is 3.89. The summed E-state index contributed by atoms with van der Waals surface area (Å²) in [6.45, 7) is 15.6. The highest BCUT2D eigenvalue weighted by Crippen LogP contribution is 2.07. The molecule has 1 rings (SSSR count). The van der Waals surface area contributed by atoms with Crippen LogP contribution in [0.25, 0.3) is 0 Å².